The Labute approximate surface area is 150 Å². The van der Waals surface area contributed by atoms with Gasteiger partial charge in [-0.05, 0) is 42.8 Å². The molecular formula is C20H15NO5. The van der Waals surface area contributed by atoms with Crippen molar-refractivity contribution in [1.82, 2.24) is 0 Å². The van der Waals surface area contributed by atoms with Gasteiger partial charge >= 0.3 is 5.97 Å². The summed E-state index contributed by atoms with van der Waals surface area (Å²) in [5.74, 6) is 0.466. The third-order valence-electron chi connectivity index (χ3n) is 3.96. The van der Waals surface area contributed by atoms with Crippen molar-refractivity contribution >= 4 is 17.8 Å². The average molecular weight is 349 g/mol. The van der Waals surface area contributed by atoms with Crippen LogP contribution in [-0.4, -0.2) is 25.5 Å². The lowest BCUT2D eigenvalue weighted by Gasteiger charge is -2.08. The summed E-state index contributed by atoms with van der Waals surface area (Å²) in [6.45, 7) is 1.69. The van der Waals surface area contributed by atoms with Crippen LogP contribution in [-0.2, 0) is 4.74 Å². The van der Waals surface area contributed by atoms with Crippen molar-refractivity contribution in [2.75, 3.05) is 13.7 Å². The fraction of sp³-hybridized carbons (Fsp3) is 0.150. The highest BCUT2D eigenvalue weighted by atomic mass is 16.5. The Morgan fingerprint density at radius 3 is 2.62 bits per heavy atom. The van der Waals surface area contributed by atoms with E-state index in [4.69, 9.17) is 14.7 Å². The maximum absolute atomic E-state index is 12.5. The van der Waals surface area contributed by atoms with Crippen LogP contribution in [0.5, 0.6) is 11.5 Å². The Hall–Kier alpha value is -3.59. The Morgan fingerprint density at radius 2 is 1.96 bits per heavy atom. The third-order valence-corrected chi connectivity index (χ3v) is 3.96. The summed E-state index contributed by atoms with van der Waals surface area (Å²) in [4.78, 5) is 24.0. The Morgan fingerprint density at radius 1 is 1.23 bits per heavy atom. The fourth-order valence-electron chi connectivity index (χ4n) is 2.62. The zero-order chi connectivity index (χ0) is 18.7. The molecule has 0 aromatic heterocycles. The first-order valence-electron chi connectivity index (χ1n) is 7.81. The molecule has 0 amide bonds. The minimum atomic E-state index is -0.426. The number of rotatable bonds is 4. The second-order valence-corrected chi connectivity index (χ2v) is 5.57. The topological polar surface area (TPSA) is 85.6 Å². The lowest BCUT2D eigenvalue weighted by Crippen LogP contribution is -2.01. The molecule has 0 spiro atoms. The molecule has 0 saturated heterocycles. The first kappa shape index (κ1) is 17.2. The fourth-order valence-corrected chi connectivity index (χ4v) is 2.62. The molecule has 0 bridgehead atoms. The zero-order valence-corrected chi connectivity index (χ0v) is 14.2. The molecule has 130 valence electrons. The van der Waals surface area contributed by atoms with Crippen molar-refractivity contribution in [2.24, 2.45) is 0 Å². The van der Waals surface area contributed by atoms with Gasteiger partial charge in [0, 0.05) is 5.56 Å². The van der Waals surface area contributed by atoms with E-state index in [2.05, 4.69) is 4.74 Å². The number of nitrogens with zero attached hydrogens (tertiary/aromatic N) is 1. The number of nitriles is 1. The van der Waals surface area contributed by atoms with Crippen molar-refractivity contribution in [3.63, 3.8) is 0 Å². The number of allylic oxidation sites excluding steroid dienone is 1. The van der Waals surface area contributed by atoms with Gasteiger partial charge < -0.3 is 14.2 Å². The third kappa shape index (κ3) is 3.15. The number of ketones is 1. The highest BCUT2D eigenvalue weighted by molar-refractivity contribution is 6.15. The maximum atomic E-state index is 12.5. The molecule has 6 nitrogen and oxygen atoms in total. The van der Waals surface area contributed by atoms with Gasteiger partial charge in [0.15, 0.2) is 12.4 Å². The van der Waals surface area contributed by atoms with Gasteiger partial charge in [-0.15, -0.1) is 0 Å². The van der Waals surface area contributed by atoms with Crippen molar-refractivity contribution in [3.05, 3.63) is 64.4 Å². The first-order valence-corrected chi connectivity index (χ1v) is 7.81. The number of hydrogen-bond acceptors (Lipinski definition) is 6. The van der Waals surface area contributed by atoms with Crippen LogP contribution in [0.15, 0.2) is 42.2 Å². The molecule has 26 heavy (non-hydrogen) atoms. The summed E-state index contributed by atoms with van der Waals surface area (Å²) >= 11 is 0. The second-order valence-electron chi connectivity index (χ2n) is 5.57. The van der Waals surface area contributed by atoms with Crippen LogP contribution < -0.4 is 9.47 Å². The minimum Gasteiger partial charge on any atom is -0.478 e. The Balaban J connectivity index is 1.87. The minimum absolute atomic E-state index is 0.0805. The number of hydrogen-bond donors (Lipinski definition) is 0. The van der Waals surface area contributed by atoms with Crippen LogP contribution >= 0.6 is 0 Å². The van der Waals surface area contributed by atoms with Crippen molar-refractivity contribution in [2.45, 2.75) is 6.92 Å². The number of benzene rings is 2. The van der Waals surface area contributed by atoms with E-state index in [1.807, 2.05) is 6.07 Å². The standard InChI is InChI=1S/C20H15NO5/c1-12-16(25-10-9-21)8-7-15-18(22)17(26-19(12)15)11-13-3-5-14(6-4-13)20(23)24-2/h3-8,11H,10H2,1-2H3/b17-11-. The molecule has 1 aliphatic rings. The molecular weight excluding hydrogens is 334 g/mol. The number of fused-ring (bicyclic) bond motifs is 1. The van der Waals surface area contributed by atoms with Crippen molar-refractivity contribution < 1.29 is 23.8 Å². The monoisotopic (exact) mass is 349 g/mol. The van der Waals surface area contributed by atoms with Gasteiger partial charge in [-0.25, -0.2) is 4.79 Å². The molecule has 3 rings (SSSR count). The van der Waals surface area contributed by atoms with Gasteiger partial charge in [-0.2, -0.15) is 5.26 Å². The molecule has 0 saturated carbocycles. The molecule has 0 radical (unpaired) electrons. The molecule has 0 fully saturated rings. The van der Waals surface area contributed by atoms with Gasteiger partial charge in [0.05, 0.1) is 18.2 Å². The molecule has 6 heteroatoms. The summed E-state index contributed by atoms with van der Waals surface area (Å²) < 4.78 is 15.7. The summed E-state index contributed by atoms with van der Waals surface area (Å²) in [7, 11) is 1.32. The summed E-state index contributed by atoms with van der Waals surface area (Å²) in [6, 6.07) is 11.8. The molecule has 1 heterocycles. The van der Waals surface area contributed by atoms with E-state index in [9.17, 15) is 9.59 Å². The quantitative estimate of drug-likeness (QED) is 0.622. The lowest BCUT2D eigenvalue weighted by atomic mass is 10.1. The number of carbonyl (C=O) groups excluding carboxylic acids is 2. The highest BCUT2D eigenvalue weighted by Crippen LogP contribution is 2.39. The largest absolute Gasteiger partial charge is 0.478 e. The van der Waals surface area contributed by atoms with Crippen LogP contribution in [0, 0.1) is 18.3 Å². The van der Waals surface area contributed by atoms with Crippen LogP contribution in [0.3, 0.4) is 0 Å². The van der Waals surface area contributed by atoms with Crippen LogP contribution in [0.2, 0.25) is 0 Å². The van der Waals surface area contributed by atoms with Crippen LogP contribution in [0.4, 0.5) is 0 Å². The maximum Gasteiger partial charge on any atom is 0.337 e. The summed E-state index contributed by atoms with van der Waals surface area (Å²) in [5, 5.41) is 8.63. The molecule has 2 aromatic carbocycles. The predicted octanol–water partition coefficient (Wildman–Crippen LogP) is 3.30. The van der Waals surface area contributed by atoms with Gasteiger partial charge in [0.2, 0.25) is 5.78 Å². The summed E-state index contributed by atoms with van der Waals surface area (Å²) in [5.41, 5.74) is 2.25. The van der Waals surface area contributed by atoms with E-state index >= 15 is 0 Å². The van der Waals surface area contributed by atoms with E-state index in [-0.39, 0.29) is 18.1 Å². The molecule has 0 atom stereocenters. The first-order chi connectivity index (χ1) is 12.5. The zero-order valence-electron chi connectivity index (χ0n) is 14.2. The number of esters is 1. The average Bonchev–Trinajstić information content (AvgIpc) is 2.98. The van der Waals surface area contributed by atoms with E-state index < -0.39 is 5.97 Å². The van der Waals surface area contributed by atoms with Crippen molar-refractivity contribution in [1.29, 1.82) is 5.26 Å². The van der Waals surface area contributed by atoms with E-state index in [0.29, 0.717) is 33.8 Å². The number of ether oxygens (including phenoxy) is 3. The van der Waals surface area contributed by atoms with Gasteiger partial charge in [0.25, 0.3) is 0 Å². The van der Waals surface area contributed by atoms with Gasteiger partial charge in [-0.1, -0.05) is 12.1 Å². The number of carbonyl (C=O) groups is 2. The number of Topliss-reactive ketones (excluding diaryl/α,β-unsaturated/α-hetero) is 1. The predicted molar refractivity (Wildman–Crippen MR) is 93.0 cm³/mol. The highest BCUT2D eigenvalue weighted by Gasteiger charge is 2.30. The summed E-state index contributed by atoms with van der Waals surface area (Å²) in [6.07, 6.45) is 1.61. The van der Waals surface area contributed by atoms with Gasteiger partial charge in [-0.3, -0.25) is 4.79 Å². The molecule has 0 unspecified atom stereocenters. The van der Waals surface area contributed by atoms with E-state index in [1.54, 1.807) is 49.4 Å². The second kappa shape index (κ2) is 7.11. The SMILES string of the molecule is COC(=O)c1ccc(/C=C2\Oc3c(ccc(OCC#N)c3C)C2=O)cc1. The lowest BCUT2D eigenvalue weighted by molar-refractivity contribution is 0.0600. The normalized spacial score (nSPS) is 13.7. The smallest absolute Gasteiger partial charge is 0.337 e. The molecule has 0 N–H and O–H groups in total. The van der Waals surface area contributed by atoms with Crippen LogP contribution in [0.1, 0.15) is 31.8 Å². The van der Waals surface area contributed by atoms with Gasteiger partial charge in [0.1, 0.15) is 17.6 Å². The molecule has 2 aromatic rings. The Bertz CT molecular complexity index is 951. The molecule has 0 aliphatic carbocycles. The number of methoxy groups -OCH3 is 1. The van der Waals surface area contributed by atoms with Crippen molar-refractivity contribution in [3.8, 4) is 17.6 Å². The van der Waals surface area contributed by atoms with E-state index in [0.717, 1.165) is 0 Å². The van der Waals surface area contributed by atoms with E-state index in [1.165, 1.54) is 7.11 Å². The van der Waals surface area contributed by atoms with Crippen LogP contribution in [0.25, 0.3) is 6.08 Å². The Kier molecular flexibility index (Phi) is 4.72. The molecule has 1 aliphatic heterocycles.